The Kier molecular flexibility index (Phi) is 7.82. The third-order valence-electron chi connectivity index (χ3n) is 3.93. The lowest BCUT2D eigenvalue weighted by atomic mass is 10.2. The summed E-state index contributed by atoms with van der Waals surface area (Å²) in [5.41, 5.74) is 0. The van der Waals surface area contributed by atoms with Crippen LogP contribution in [0.15, 0.2) is 39.8 Å². The van der Waals surface area contributed by atoms with Crippen LogP contribution in [0, 0.1) is 6.92 Å². The van der Waals surface area contributed by atoms with Gasteiger partial charge in [0.2, 0.25) is 15.9 Å². The quantitative estimate of drug-likeness (QED) is 0.597. The van der Waals surface area contributed by atoms with Crippen molar-refractivity contribution in [2.24, 2.45) is 0 Å². The zero-order valence-electron chi connectivity index (χ0n) is 15.4. The molecule has 2 rings (SSSR count). The van der Waals surface area contributed by atoms with E-state index in [0.717, 1.165) is 19.3 Å². The molecule has 0 fully saturated rings. The number of nitrogens with one attached hydrogen (secondary N) is 1. The van der Waals surface area contributed by atoms with Gasteiger partial charge in [-0.25, -0.2) is 8.42 Å². The highest BCUT2D eigenvalue weighted by atomic mass is 35.5. The van der Waals surface area contributed by atoms with Crippen LogP contribution in [-0.4, -0.2) is 36.9 Å². The molecule has 0 radical (unpaired) electrons. The van der Waals surface area contributed by atoms with Crippen LogP contribution in [0.2, 0.25) is 5.02 Å². The van der Waals surface area contributed by atoms with Gasteiger partial charge in [0, 0.05) is 17.6 Å². The number of sulfonamides is 1. The van der Waals surface area contributed by atoms with Crippen LogP contribution in [-0.2, 0) is 14.8 Å². The number of halogens is 1. The Morgan fingerprint density at radius 2 is 1.93 bits per heavy atom. The number of rotatable bonds is 10. The molecule has 1 aromatic carbocycles. The lowest BCUT2D eigenvalue weighted by Crippen LogP contribution is -2.38. The first-order valence-electron chi connectivity index (χ1n) is 8.82. The summed E-state index contributed by atoms with van der Waals surface area (Å²) in [5.74, 6) is 0.333. The summed E-state index contributed by atoms with van der Waals surface area (Å²) in [5, 5.41) is 6.69. The molecule has 0 aliphatic carbocycles. The minimum Gasteiger partial charge on any atom is -0.360 e. The van der Waals surface area contributed by atoms with E-state index in [9.17, 15) is 13.2 Å². The average Bonchev–Trinajstić information content (AvgIpc) is 3.02. The molecular formula is C18H24ClN3O4S. The van der Waals surface area contributed by atoms with Gasteiger partial charge in [-0.2, -0.15) is 4.31 Å². The Balaban J connectivity index is 2.13. The molecule has 1 aromatic heterocycles. The molecule has 148 valence electrons. The number of anilines is 1. The fourth-order valence-corrected chi connectivity index (χ4v) is 4.08. The number of hydrogen-bond donors (Lipinski definition) is 1. The molecule has 0 atom stereocenters. The van der Waals surface area contributed by atoms with Crippen LogP contribution >= 0.6 is 11.6 Å². The van der Waals surface area contributed by atoms with E-state index < -0.39 is 15.9 Å². The number of amides is 1. The van der Waals surface area contributed by atoms with Gasteiger partial charge < -0.3 is 9.84 Å². The topological polar surface area (TPSA) is 92.5 Å². The smallest absolute Gasteiger partial charge is 0.243 e. The van der Waals surface area contributed by atoms with E-state index in [2.05, 4.69) is 17.4 Å². The number of nitrogens with zero attached hydrogens (tertiary/aromatic N) is 2. The number of benzene rings is 1. The highest BCUT2D eigenvalue weighted by Gasteiger charge is 2.26. The molecule has 0 saturated heterocycles. The summed E-state index contributed by atoms with van der Waals surface area (Å²) in [6.07, 6.45) is 3.62. The second-order valence-corrected chi connectivity index (χ2v) is 8.60. The SMILES string of the molecule is CCCCCCN(CC(=O)Nc1cc(C)on1)S(=O)(=O)c1ccc(Cl)cc1. The van der Waals surface area contributed by atoms with Crippen LogP contribution < -0.4 is 5.32 Å². The first kappa shape index (κ1) is 21.4. The predicted molar refractivity (Wildman–Crippen MR) is 104 cm³/mol. The van der Waals surface area contributed by atoms with Gasteiger partial charge in [0.1, 0.15) is 5.76 Å². The van der Waals surface area contributed by atoms with Crippen LogP contribution in [0.1, 0.15) is 38.4 Å². The minimum absolute atomic E-state index is 0.104. The zero-order valence-corrected chi connectivity index (χ0v) is 17.0. The third kappa shape index (κ3) is 6.34. The highest BCUT2D eigenvalue weighted by Crippen LogP contribution is 2.19. The molecule has 1 heterocycles. The molecule has 1 N–H and O–H groups in total. The highest BCUT2D eigenvalue weighted by molar-refractivity contribution is 7.89. The Bertz CT molecular complexity index is 850. The molecule has 27 heavy (non-hydrogen) atoms. The molecule has 1 amide bonds. The van der Waals surface area contributed by atoms with E-state index >= 15 is 0 Å². The molecule has 0 saturated carbocycles. The average molecular weight is 414 g/mol. The lowest BCUT2D eigenvalue weighted by molar-refractivity contribution is -0.116. The molecule has 0 bridgehead atoms. The van der Waals surface area contributed by atoms with E-state index in [1.807, 2.05) is 0 Å². The normalized spacial score (nSPS) is 11.7. The second kappa shape index (κ2) is 9.87. The monoisotopic (exact) mass is 413 g/mol. The molecule has 0 spiro atoms. The van der Waals surface area contributed by atoms with Gasteiger partial charge in [-0.3, -0.25) is 4.79 Å². The summed E-state index contributed by atoms with van der Waals surface area (Å²) in [7, 11) is -3.82. The number of unbranched alkanes of at least 4 members (excludes halogenated alkanes) is 3. The van der Waals surface area contributed by atoms with E-state index in [1.165, 1.54) is 28.6 Å². The van der Waals surface area contributed by atoms with Crippen molar-refractivity contribution in [3.8, 4) is 0 Å². The first-order chi connectivity index (χ1) is 12.8. The molecule has 0 aliphatic rings. The van der Waals surface area contributed by atoms with Gasteiger partial charge in [-0.05, 0) is 37.6 Å². The predicted octanol–water partition coefficient (Wildman–Crippen LogP) is 3.85. The number of aryl methyl sites for hydroxylation is 1. The number of carbonyl (C=O) groups excluding carboxylic acids is 1. The van der Waals surface area contributed by atoms with Crippen molar-refractivity contribution in [3.05, 3.63) is 41.1 Å². The Hall–Kier alpha value is -1.90. The summed E-state index contributed by atoms with van der Waals surface area (Å²) >= 11 is 5.85. The van der Waals surface area contributed by atoms with Crippen molar-refractivity contribution in [3.63, 3.8) is 0 Å². The maximum absolute atomic E-state index is 13.0. The summed E-state index contributed by atoms with van der Waals surface area (Å²) < 4.78 is 32.0. The van der Waals surface area contributed by atoms with Gasteiger partial charge in [0.05, 0.1) is 11.4 Å². The van der Waals surface area contributed by atoms with E-state index in [-0.39, 0.29) is 23.8 Å². The first-order valence-corrected chi connectivity index (χ1v) is 10.6. The molecule has 0 unspecified atom stereocenters. The molecule has 9 heteroatoms. The van der Waals surface area contributed by atoms with Gasteiger partial charge in [-0.1, -0.05) is 42.9 Å². The number of hydrogen-bond acceptors (Lipinski definition) is 5. The zero-order chi connectivity index (χ0) is 19.9. The Labute approximate surface area is 164 Å². The largest absolute Gasteiger partial charge is 0.360 e. The second-order valence-electron chi connectivity index (χ2n) is 6.22. The molecular weight excluding hydrogens is 390 g/mol. The standard InChI is InChI=1S/C18H24ClN3O4S/c1-3-4-5-6-11-22(13-18(23)20-17-12-14(2)26-21-17)27(24,25)16-9-7-15(19)8-10-16/h7-10,12H,3-6,11,13H2,1-2H3,(H,20,21,23). The van der Waals surface area contributed by atoms with Crippen molar-refractivity contribution in [2.75, 3.05) is 18.4 Å². The fourth-order valence-electron chi connectivity index (χ4n) is 2.52. The summed E-state index contributed by atoms with van der Waals surface area (Å²) in [6.45, 7) is 3.74. The van der Waals surface area contributed by atoms with Crippen LogP contribution in [0.25, 0.3) is 0 Å². The minimum atomic E-state index is -3.82. The van der Waals surface area contributed by atoms with Crippen molar-refractivity contribution in [2.45, 2.75) is 44.4 Å². The van der Waals surface area contributed by atoms with Crippen molar-refractivity contribution < 1.29 is 17.7 Å². The fraction of sp³-hybridized carbons (Fsp3) is 0.444. The number of carbonyl (C=O) groups is 1. The van der Waals surface area contributed by atoms with Gasteiger partial charge in [-0.15, -0.1) is 0 Å². The van der Waals surface area contributed by atoms with Gasteiger partial charge in [0.15, 0.2) is 5.82 Å². The molecule has 7 nitrogen and oxygen atoms in total. The lowest BCUT2D eigenvalue weighted by Gasteiger charge is -2.21. The van der Waals surface area contributed by atoms with Crippen molar-refractivity contribution in [1.29, 1.82) is 0 Å². The van der Waals surface area contributed by atoms with Gasteiger partial charge >= 0.3 is 0 Å². The van der Waals surface area contributed by atoms with Crippen molar-refractivity contribution in [1.82, 2.24) is 9.46 Å². The molecule has 2 aromatic rings. The van der Waals surface area contributed by atoms with Crippen LogP contribution in [0.4, 0.5) is 5.82 Å². The van der Waals surface area contributed by atoms with Gasteiger partial charge in [0.25, 0.3) is 0 Å². The third-order valence-corrected chi connectivity index (χ3v) is 6.04. The number of aromatic nitrogens is 1. The maximum atomic E-state index is 13.0. The van der Waals surface area contributed by atoms with Crippen LogP contribution in [0.3, 0.4) is 0 Å². The summed E-state index contributed by atoms with van der Waals surface area (Å²) in [6, 6.07) is 7.48. The summed E-state index contributed by atoms with van der Waals surface area (Å²) in [4.78, 5) is 12.4. The van der Waals surface area contributed by atoms with E-state index in [0.29, 0.717) is 17.2 Å². The van der Waals surface area contributed by atoms with E-state index in [1.54, 1.807) is 13.0 Å². The maximum Gasteiger partial charge on any atom is 0.243 e. The Morgan fingerprint density at radius 1 is 1.22 bits per heavy atom. The van der Waals surface area contributed by atoms with Crippen LogP contribution in [0.5, 0.6) is 0 Å². The molecule has 0 aliphatic heterocycles. The Morgan fingerprint density at radius 3 is 2.52 bits per heavy atom. The van der Waals surface area contributed by atoms with E-state index in [4.69, 9.17) is 16.1 Å². The van der Waals surface area contributed by atoms with Crippen molar-refractivity contribution >= 4 is 33.3 Å².